The minimum absolute atomic E-state index is 0.166. The number of esters is 1. The lowest BCUT2D eigenvalue weighted by atomic mass is 9.97. The highest BCUT2D eigenvalue weighted by Crippen LogP contribution is 2.40. The van der Waals surface area contributed by atoms with Crippen molar-refractivity contribution in [3.63, 3.8) is 0 Å². The smallest absolute Gasteiger partial charge is 0.307 e. The van der Waals surface area contributed by atoms with Crippen LogP contribution >= 0.6 is 0 Å². The number of benzene rings is 2. The number of carbonyl (C=O) groups is 1. The van der Waals surface area contributed by atoms with Gasteiger partial charge in [0.25, 0.3) is 0 Å². The number of carbonyl (C=O) groups excluding carboxylic acids is 1. The van der Waals surface area contributed by atoms with Gasteiger partial charge in [-0.15, -0.1) is 0 Å². The third-order valence-corrected chi connectivity index (χ3v) is 6.67. The van der Waals surface area contributed by atoms with Gasteiger partial charge in [-0.05, 0) is 63.5 Å². The SMILES string of the molecule is COC(=O)CC1c2ccccc2N=C(N(C)CCCCCN2CCCC2)N1c1ccccc1. The number of aliphatic imine (C=N–C) groups is 1. The number of ether oxygens (including phenoxy) is 1. The predicted octanol–water partition coefficient (Wildman–Crippen LogP) is 5.00. The Hall–Kier alpha value is -2.86. The fraction of sp³-hybridized carbons (Fsp3) is 0.481. The zero-order valence-corrected chi connectivity index (χ0v) is 19.9. The van der Waals surface area contributed by atoms with E-state index < -0.39 is 0 Å². The van der Waals surface area contributed by atoms with E-state index in [0.29, 0.717) is 0 Å². The van der Waals surface area contributed by atoms with Crippen LogP contribution in [0.1, 0.15) is 50.1 Å². The summed E-state index contributed by atoms with van der Waals surface area (Å²) in [6.07, 6.45) is 6.55. The van der Waals surface area contributed by atoms with Crippen molar-refractivity contribution >= 4 is 23.3 Å². The molecule has 0 radical (unpaired) electrons. The number of methoxy groups -OCH3 is 1. The van der Waals surface area contributed by atoms with Crippen LogP contribution < -0.4 is 4.90 Å². The maximum Gasteiger partial charge on any atom is 0.307 e. The number of nitrogens with zero attached hydrogens (tertiary/aromatic N) is 4. The Morgan fingerprint density at radius 2 is 1.76 bits per heavy atom. The highest BCUT2D eigenvalue weighted by molar-refractivity contribution is 6.01. The molecule has 0 saturated carbocycles. The molecule has 0 aromatic heterocycles. The number of likely N-dealkylation sites (tertiary alicyclic amines) is 1. The van der Waals surface area contributed by atoms with Crippen molar-refractivity contribution in [2.75, 3.05) is 45.2 Å². The molecule has 176 valence electrons. The Balaban J connectivity index is 1.53. The van der Waals surface area contributed by atoms with Crippen LogP contribution in [-0.4, -0.2) is 62.1 Å². The van der Waals surface area contributed by atoms with Gasteiger partial charge in [-0.25, -0.2) is 4.99 Å². The molecule has 6 nitrogen and oxygen atoms in total. The van der Waals surface area contributed by atoms with E-state index in [4.69, 9.17) is 9.73 Å². The molecule has 0 amide bonds. The average molecular weight is 449 g/mol. The molecule has 1 saturated heterocycles. The van der Waals surface area contributed by atoms with Crippen LogP contribution in [0.5, 0.6) is 0 Å². The van der Waals surface area contributed by atoms with E-state index in [1.165, 1.54) is 52.4 Å². The van der Waals surface area contributed by atoms with E-state index in [-0.39, 0.29) is 18.4 Å². The normalized spacial score (nSPS) is 18.1. The monoisotopic (exact) mass is 448 g/mol. The van der Waals surface area contributed by atoms with Gasteiger partial charge < -0.3 is 19.4 Å². The molecule has 1 fully saturated rings. The molecule has 33 heavy (non-hydrogen) atoms. The number of hydrogen-bond donors (Lipinski definition) is 0. The highest BCUT2D eigenvalue weighted by Gasteiger charge is 2.34. The van der Waals surface area contributed by atoms with Crippen LogP contribution in [0.3, 0.4) is 0 Å². The van der Waals surface area contributed by atoms with E-state index in [2.05, 4.69) is 39.9 Å². The van der Waals surface area contributed by atoms with Crippen molar-refractivity contribution in [2.24, 2.45) is 4.99 Å². The number of guanidine groups is 1. The number of para-hydroxylation sites is 2. The number of anilines is 1. The molecular weight excluding hydrogens is 412 g/mol. The molecule has 0 spiro atoms. The molecule has 0 aliphatic carbocycles. The maximum absolute atomic E-state index is 12.4. The number of hydrogen-bond acceptors (Lipinski definition) is 6. The average Bonchev–Trinajstić information content (AvgIpc) is 3.37. The number of fused-ring (bicyclic) bond motifs is 1. The first-order valence-corrected chi connectivity index (χ1v) is 12.2. The van der Waals surface area contributed by atoms with Gasteiger partial charge in [0.15, 0.2) is 0 Å². The molecular formula is C27H36N4O2. The van der Waals surface area contributed by atoms with Gasteiger partial charge in [-0.3, -0.25) is 4.79 Å². The summed E-state index contributed by atoms with van der Waals surface area (Å²) in [5.41, 5.74) is 3.00. The second-order valence-electron chi connectivity index (χ2n) is 9.00. The van der Waals surface area contributed by atoms with Gasteiger partial charge in [0.2, 0.25) is 5.96 Å². The molecule has 4 rings (SSSR count). The van der Waals surface area contributed by atoms with E-state index in [1.807, 2.05) is 36.4 Å². The van der Waals surface area contributed by atoms with Gasteiger partial charge in [-0.2, -0.15) is 0 Å². The Morgan fingerprint density at radius 3 is 2.52 bits per heavy atom. The molecule has 2 heterocycles. The van der Waals surface area contributed by atoms with Gasteiger partial charge in [0.05, 0.1) is 25.3 Å². The van der Waals surface area contributed by atoms with Crippen molar-refractivity contribution in [3.8, 4) is 0 Å². The van der Waals surface area contributed by atoms with Crippen molar-refractivity contribution in [3.05, 3.63) is 60.2 Å². The van der Waals surface area contributed by atoms with Crippen molar-refractivity contribution < 1.29 is 9.53 Å². The van der Waals surface area contributed by atoms with E-state index in [0.717, 1.165) is 35.9 Å². The Bertz CT molecular complexity index is 940. The van der Waals surface area contributed by atoms with Gasteiger partial charge in [0.1, 0.15) is 0 Å². The van der Waals surface area contributed by atoms with Crippen LogP contribution in [-0.2, 0) is 9.53 Å². The van der Waals surface area contributed by atoms with Crippen LogP contribution in [0.4, 0.5) is 11.4 Å². The van der Waals surface area contributed by atoms with Gasteiger partial charge in [-0.1, -0.05) is 42.8 Å². The van der Waals surface area contributed by atoms with Crippen LogP contribution in [0.25, 0.3) is 0 Å². The first-order valence-electron chi connectivity index (χ1n) is 12.2. The third-order valence-electron chi connectivity index (χ3n) is 6.67. The summed E-state index contributed by atoms with van der Waals surface area (Å²) >= 11 is 0. The summed E-state index contributed by atoms with van der Waals surface area (Å²) in [6, 6.07) is 18.2. The van der Waals surface area contributed by atoms with E-state index in [1.54, 1.807) is 0 Å². The molecule has 6 heteroatoms. The summed E-state index contributed by atoms with van der Waals surface area (Å²) in [5.74, 6) is 0.662. The van der Waals surface area contributed by atoms with Crippen molar-refractivity contribution in [1.29, 1.82) is 0 Å². The van der Waals surface area contributed by atoms with E-state index in [9.17, 15) is 4.79 Å². The van der Waals surface area contributed by atoms with Crippen molar-refractivity contribution in [2.45, 2.75) is 44.6 Å². The zero-order chi connectivity index (χ0) is 23.0. The first kappa shape index (κ1) is 23.3. The van der Waals surface area contributed by atoms with Gasteiger partial charge >= 0.3 is 5.97 Å². The third kappa shape index (κ3) is 5.74. The summed E-state index contributed by atoms with van der Waals surface area (Å²) in [5, 5.41) is 0. The summed E-state index contributed by atoms with van der Waals surface area (Å²) < 4.78 is 5.06. The first-order chi connectivity index (χ1) is 16.2. The molecule has 0 bridgehead atoms. The van der Waals surface area contributed by atoms with Crippen LogP contribution in [0.15, 0.2) is 59.6 Å². The van der Waals surface area contributed by atoms with Crippen LogP contribution in [0, 0.1) is 0 Å². The molecule has 2 aromatic carbocycles. The molecule has 1 atom stereocenters. The van der Waals surface area contributed by atoms with Crippen LogP contribution in [0.2, 0.25) is 0 Å². The predicted molar refractivity (Wildman–Crippen MR) is 134 cm³/mol. The lowest BCUT2D eigenvalue weighted by molar-refractivity contribution is -0.141. The van der Waals surface area contributed by atoms with E-state index >= 15 is 0 Å². The maximum atomic E-state index is 12.4. The second-order valence-corrected chi connectivity index (χ2v) is 9.00. The lowest BCUT2D eigenvalue weighted by Crippen LogP contribution is -2.47. The standard InChI is InChI=1S/C27H36N4O2/c1-29(17-9-4-10-18-30-19-11-12-20-30)27-28-24-16-8-7-15-23(24)25(21-26(32)33-2)31(27)22-13-5-3-6-14-22/h3,5-8,13-16,25H,4,9-12,17-21H2,1-2H3. The summed E-state index contributed by atoms with van der Waals surface area (Å²) in [6.45, 7) is 4.68. The number of unbranched alkanes of at least 4 members (excludes halogenated alkanes) is 2. The molecule has 2 aromatic rings. The van der Waals surface area contributed by atoms with Gasteiger partial charge in [0, 0.05) is 24.8 Å². The minimum atomic E-state index is -0.221. The summed E-state index contributed by atoms with van der Waals surface area (Å²) in [7, 11) is 3.56. The Morgan fingerprint density at radius 1 is 1.03 bits per heavy atom. The molecule has 2 aliphatic heterocycles. The highest BCUT2D eigenvalue weighted by atomic mass is 16.5. The fourth-order valence-corrected chi connectivity index (χ4v) is 4.87. The number of rotatable bonds is 9. The molecule has 1 unspecified atom stereocenters. The Kier molecular flexibility index (Phi) is 8.00. The zero-order valence-electron chi connectivity index (χ0n) is 19.9. The minimum Gasteiger partial charge on any atom is -0.469 e. The van der Waals surface area contributed by atoms with Crippen molar-refractivity contribution in [1.82, 2.24) is 9.80 Å². The largest absolute Gasteiger partial charge is 0.469 e. The topological polar surface area (TPSA) is 48.4 Å². The molecule has 2 aliphatic rings. The summed E-state index contributed by atoms with van der Waals surface area (Å²) in [4.78, 5) is 24.5. The second kappa shape index (κ2) is 11.3. The quantitative estimate of drug-likeness (QED) is 0.399. The fourth-order valence-electron chi connectivity index (χ4n) is 4.87. The lowest BCUT2D eigenvalue weighted by Gasteiger charge is -2.41. The molecule has 0 N–H and O–H groups in total. The Labute approximate surface area is 197 Å².